The van der Waals surface area contributed by atoms with Gasteiger partial charge < -0.3 is 19.7 Å². The first-order chi connectivity index (χ1) is 17.6. The van der Waals surface area contributed by atoms with E-state index in [1.807, 2.05) is 42.5 Å². The molecule has 0 aromatic heterocycles. The number of fused-ring (bicyclic) bond motifs is 1. The van der Waals surface area contributed by atoms with Gasteiger partial charge in [0.15, 0.2) is 17.3 Å². The highest BCUT2D eigenvalue weighted by Crippen LogP contribution is 2.41. The molecule has 0 saturated carbocycles. The molecule has 0 amide bonds. The van der Waals surface area contributed by atoms with Gasteiger partial charge in [0, 0.05) is 24.8 Å². The molecule has 6 nitrogen and oxygen atoms in total. The molecule has 194 valence electrons. The van der Waals surface area contributed by atoms with Crippen LogP contribution in [-0.2, 0) is 30.5 Å². The molecule has 3 aromatic carbocycles. The summed E-state index contributed by atoms with van der Waals surface area (Å²) < 4.78 is 11.4. The van der Waals surface area contributed by atoms with E-state index in [9.17, 15) is 19.8 Å². The summed E-state index contributed by atoms with van der Waals surface area (Å²) in [4.78, 5) is 25.6. The number of hydrogen-bond donors (Lipinski definition) is 2. The van der Waals surface area contributed by atoms with Crippen LogP contribution in [0.1, 0.15) is 52.9 Å². The molecule has 0 aliphatic heterocycles. The summed E-state index contributed by atoms with van der Waals surface area (Å²) in [5.74, 6) is -0.232. The highest BCUT2D eigenvalue weighted by molar-refractivity contribution is 5.99. The number of carbonyl (C=O) groups excluding carboxylic acids is 1. The van der Waals surface area contributed by atoms with Crippen molar-refractivity contribution in [3.05, 3.63) is 94.5 Å². The molecule has 3 aromatic rings. The van der Waals surface area contributed by atoms with E-state index in [-0.39, 0.29) is 12.2 Å². The van der Waals surface area contributed by atoms with Gasteiger partial charge in [0.2, 0.25) is 0 Å². The summed E-state index contributed by atoms with van der Waals surface area (Å²) in [7, 11) is 1.54. The Labute approximate surface area is 217 Å². The zero-order valence-corrected chi connectivity index (χ0v) is 21.6. The quantitative estimate of drug-likeness (QED) is 0.356. The van der Waals surface area contributed by atoms with E-state index in [2.05, 4.69) is 6.07 Å². The minimum atomic E-state index is -1.14. The molecule has 0 unspecified atom stereocenters. The maximum absolute atomic E-state index is 13.3. The number of rotatable bonds is 11. The van der Waals surface area contributed by atoms with Crippen molar-refractivity contribution in [3.63, 3.8) is 0 Å². The van der Waals surface area contributed by atoms with Gasteiger partial charge in [-0.25, -0.2) is 0 Å². The Balaban J connectivity index is 1.45. The predicted octanol–water partition coefficient (Wildman–Crippen LogP) is 5.07. The van der Waals surface area contributed by atoms with E-state index < -0.39 is 17.0 Å². The molecule has 0 saturated heterocycles. The van der Waals surface area contributed by atoms with E-state index in [1.165, 1.54) is 0 Å². The fraction of sp³-hybridized carbons (Fsp3) is 0.355. The lowest BCUT2D eigenvalue weighted by atomic mass is 9.79. The molecule has 2 N–H and O–H groups in total. The van der Waals surface area contributed by atoms with Crippen LogP contribution < -0.4 is 9.47 Å². The maximum atomic E-state index is 13.3. The van der Waals surface area contributed by atoms with E-state index in [1.54, 1.807) is 39.2 Å². The highest BCUT2D eigenvalue weighted by atomic mass is 16.5. The largest absolute Gasteiger partial charge is 0.493 e. The summed E-state index contributed by atoms with van der Waals surface area (Å²) in [5.41, 5.74) is 2.59. The van der Waals surface area contributed by atoms with Gasteiger partial charge in [-0.1, -0.05) is 48.5 Å². The zero-order valence-electron chi connectivity index (χ0n) is 21.6. The van der Waals surface area contributed by atoms with Crippen molar-refractivity contribution in [1.82, 2.24) is 0 Å². The van der Waals surface area contributed by atoms with Crippen LogP contribution in [-0.4, -0.2) is 41.3 Å². The second kappa shape index (κ2) is 10.8. The Hall–Kier alpha value is -3.64. The van der Waals surface area contributed by atoms with E-state index >= 15 is 0 Å². The van der Waals surface area contributed by atoms with E-state index in [0.717, 1.165) is 22.3 Å². The molecule has 6 heteroatoms. The van der Waals surface area contributed by atoms with Gasteiger partial charge in [0.05, 0.1) is 24.7 Å². The number of benzene rings is 3. The molecule has 1 aliphatic carbocycles. The maximum Gasteiger partial charge on any atom is 0.310 e. The number of methoxy groups -OCH3 is 1. The van der Waals surface area contributed by atoms with Crippen molar-refractivity contribution < 1.29 is 29.3 Å². The number of aliphatic hydroxyl groups is 1. The zero-order chi connectivity index (χ0) is 26.6. The Bertz CT molecular complexity index is 1260. The second-order valence-corrected chi connectivity index (χ2v) is 10.6. The van der Waals surface area contributed by atoms with Gasteiger partial charge in [-0.3, -0.25) is 9.59 Å². The first kappa shape index (κ1) is 26.4. The number of carboxylic acid groups (broad SMARTS) is 1. The average molecular weight is 503 g/mol. The Kier molecular flexibility index (Phi) is 7.69. The van der Waals surface area contributed by atoms with Crippen LogP contribution >= 0.6 is 0 Å². The van der Waals surface area contributed by atoms with Crippen molar-refractivity contribution in [2.75, 3.05) is 13.7 Å². The van der Waals surface area contributed by atoms with Crippen molar-refractivity contribution >= 4 is 11.8 Å². The molecule has 1 aliphatic rings. The number of ether oxygens (including phenoxy) is 2. The summed E-state index contributed by atoms with van der Waals surface area (Å²) in [6, 6.07) is 20.7. The number of aliphatic carboxylic acids is 1. The first-order valence-electron chi connectivity index (χ1n) is 12.5. The number of ketones is 1. The third-order valence-electron chi connectivity index (χ3n) is 6.89. The van der Waals surface area contributed by atoms with Crippen LogP contribution in [0.3, 0.4) is 0 Å². The molecule has 4 rings (SSSR count). The molecule has 0 bridgehead atoms. The Morgan fingerprint density at radius 2 is 1.59 bits per heavy atom. The number of carboxylic acids is 1. The van der Waals surface area contributed by atoms with E-state index in [0.29, 0.717) is 49.4 Å². The third-order valence-corrected chi connectivity index (χ3v) is 6.89. The summed E-state index contributed by atoms with van der Waals surface area (Å²) in [6.45, 7) is 3.94. The molecule has 0 atom stereocenters. The fourth-order valence-corrected chi connectivity index (χ4v) is 5.09. The third kappa shape index (κ3) is 6.38. The lowest BCUT2D eigenvalue weighted by molar-refractivity contribution is -0.148. The topological polar surface area (TPSA) is 93.1 Å². The van der Waals surface area contributed by atoms with Crippen LogP contribution in [0.5, 0.6) is 11.5 Å². The summed E-state index contributed by atoms with van der Waals surface area (Å²) >= 11 is 0. The molecule has 0 radical (unpaired) electrons. The van der Waals surface area contributed by atoms with Gasteiger partial charge in [-0.2, -0.15) is 0 Å². The van der Waals surface area contributed by atoms with Crippen molar-refractivity contribution in [3.8, 4) is 11.5 Å². The molecule has 0 spiro atoms. The average Bonchev–Trinajstić information content (AvgIpc) is 3.22. The Morgan fingerprint density at radius 1 is 0.919 bits per heavy atom. The lowest BCUT2D eigenvalue weighted by Crippen LogP contribution is -2.34. The van der Waals surface area contributed by atoms with Crippen LogP contribution in [0.2, 0.25) is 0 Å². The van der Waals surface area contributed by atoms with Gasteiger partial charge in [0.25, 0.3) is 0 Å². The standard InChI is InChI=1S/C31H34O6/c1-30(2,35)17-22-8-6-7-21(15-22)13-14-37-28-16-23(11-12-27(28)36-3)26(32)20-31(29(33)34)18-24-9-4-5-10-25(24)19-31/h4-12,15-16,35H,13-14,17-20H2,1-3H3,(H,33,34). The van der Waals surface area contributed by atoms with Crippen LogP contribution in [0.15, 0.2) is 66.7 Å². The first-order valence-corrected chi connectivity index (χ1v) is 12.5. The molecular weight excluding hydrogens is 468 g/mol. The number of carbonyl (C=O) groups is 2. The summed E-state index contributed by atoms with van der Waals surface area (Å²) in [6.07, 6.45) is 1.80. The molecular formula is C31H34O6. The Morgan fingerprint density at radius 3 is 2.22 bits per heavy atom. The van der Waals surface area contributed by atoms with Crippen LogP contribution in [0.4, 0.5) is 0 Å². The highest BCUT2D eigenvalue weighted by Gasteiger charge is 2.45. The SMILES string of the molecule is COc1ccc(C(=O)CC2(C(=O)O)Cc3ccccc3C2)cc1OCCc1cccc(CC(C)(C)O)c1. The molecule has 37 heavy (non-hydrogen) atoms. The number of Topliss-reactive ketones (excluding diaryl/α,β-unsaturated/α-hetero) is 1. The van der Waals surface area contributed by atoms with Gasteiger partial charge >= 0.3 is 5.97 Å². The fourth-order valence-electron chi connectivity index (χ4n) is 5.09. The van der Waals surface area contributed by atoms with Crippen LogP contribution in [0, 0.1) is 5.41 Å². The van der Waals surface area contributed by atoms with Gasteiger partial charge in [-0.05, 0) is 67.1 Å². The smallest absolute Gasteiger partial charge is 0.310 e. The van der Waals surface area contributed by atoms with Gasteiger partial charge in [0.1, 0.15) is 0 Å². The minimum Gasteiger partial charge on any atom is -0.493 e. The molecule has 0 heterocycles. The summed E-state index contributed by atoms with van der Waals surface area (Å²) in [5, 5.41) is 20.2. The minimum absolute atomic E-state index is 0.0865. The van der Waals surface area contributed by atoms with E-state index in [4.69, 9.17) is 9.47 Å². The lowest BCUT2D eigenvalue weighted by Gasteiger charge is -2.23. The monoisotopic (exact) mass is 502 g/mol. The second-order valence-electron chi connectivity index (χ2n) is 10.6. The van der Waals surface area contributed by atoms with Gasteiger partial charge in [-0.15, -0.1) is 0 Å². The number of hydrogen-bond acceptors (Lipinski definition) is 5. The normalized spacial score (nSPS) is 14.2. The molecule has 0 fully saturated rings. The predicted molar refractivity (Wildman–Crippen MR) is 142 cm³/mol. The van der Waals surface area contributed by atoms with Crippen LogP contribution in [0.25, 0.3) is 0 Å². The van der Waals surface area contributed by atoms with Crippen molar-refractivity contribution in [2.45, 2.75) is 51.6 Å². The van der Waals surface area contributed by atoms with Crippen molar-refractivity contribution in [2.24, 2.45) is 5.41 Å². The van der Waals surface area contributed by atoms with Crippen molar-refractivity contribution in [1.29, 1.82) is 0 Å².